The Morgan fingerprint density at radius 2 is 2.00 bits per heavy atom. The first-order valence-corrected chi connectivity index (χ1v) is 8.92. The second-order valence-electron chi connectivity index (χ2n) is 6.02. The molecule has 1 aliphatic rings. The smallest absolute Gasteiger partial charge is 0.272 e. The summed E-state index contributed by atoms with van der Waals surface area (Å²) in [7, 11) is 1.75. The maximum atomic E-state index is 12.5. The molecule has 26 heavy (non-hydrogen) atoms. The van der Waals surface area contributed by atoms with Crippen molar-refractivity contribution in [1.29, 1.82) is 0 Å². The van der Waals surface area contributed by atoms with Gasteiger partial charge in [0.1, 0.15) is 5.69 Å². The molecule has 0 bridgehead atoms. The fourth-order valence-corrected chi connectivity index (χ4v) is 4.05. The zero-order valence-corrected chi connectivity index (χ0v) is 14.8. The standard InChI is InChI=1S/C16H16N6O3S/c1-19-13(4-5-17-19)15(23)20-6-8-21(9-7-20)16-18-12-3-2-11(22(24)25)10-14(12)26-16/h2-5,10H,6-9H2,1H3. The van der Waals surface area contributed by atoms with Gasteiger partial charge in [-0.3, -0.25) is 19.6 Å². The van der Waals surface area contributed by atoms with E-state index in [1.807, 2.05) is 4.90 Å². The molecule has 0 atom stereocenters. The van der Waals surface area contributed by atoms with Crippen LogP contribution in [0.2, 0.25) is 0 Å². The van der Waals surface area contributed by atoms with Gasteiger partial charge in [0, 0.05) is 51.6 Å². The molecule has 0 aliphatic carbocycles. The first-order valence-electron chi connectivity index (χ1n) is 8.10. The summed E-state index contributed by atoms with van der Waals surface area (Å²) in [5.74, 6) is -0.0235. The van der Waals surface area contributed by atoms with Crippen LogP contribution >= 0.6 is 11.3 Å². The van der Waals surface area contributed by atoms with E-state index in [0.717, 1.165) is 15.3 Å². The van der Waals surface area contributed by atoms with Crippen LogP contribution in [0.3, 0.4) is 0 Å². The maximum absolute atomic E-state index is 12.5. The molecule has 0 radical (unpaired) electrons. The van der Waals surface area contributed by atoms with Gasteiger partial charge < -0.3 is 9.80 Å². The Bertz CT molecular complexity index is 989. The zero-order valence-electron chi connectivity index (χ0n) is 14.0. The highest BCUT2D eigenvalue weighted by Crippen LogP contribution is 2.31. The summed E-state index contributed by atoms with van der Waals surface area (Å²) in [6.45, 7) is 2.54. The van der Waals surface area contributed by atoms with Crippen LogP contribution in [0.25, 0.3) is 10.2 Å². The largest absolute Gasteiger partial charge is 0.345 e. The summed E-state index contributed by atoms with van der Waals surface area (Å²) in [4.78, 5) is 31.5. The quantitative estimate of drug-likeness (QED) is 0.514. The molecule has 1 fully saturated rings. The lowest BCUT2D eigenvalue weighted by molar-refractivity contribution is -0.384. The predicted octanol–water partition coefficient (Wildman–Crippen LogP) is 1.90. The number of rotatable bonds is 3. The van der Waals surface area contributed by atoms with Crippen LogP contribution < -0.4 is 4.90 Å². The molecule has 9 nitrogen and oxygen atoms in total. The first-order chi connectivity index (χ1) is 12.5. The minimum absolute atomic E-state index is 0.0235. The number of nitro benzene ring substituents is 1. The van der Waals surface area contributed by atoms with Crippen molar-refractivity contribution in [2.24, 2.45) is 7.05 Å². The van der Waals surface area contributed by atoms with Gasteiger partial charge in [0.2, 0.25) is 0 Å². The normalized spacial score (nSPS) is 14.8. The molecular formula is C16H16N6O3S. The number of non-ortho nitro benzene ring substituents is 1. The lowest BCUT2D eigenvalue weighted by atomic mass is 10.3. The van der Waals surface area contributed by atoms with Gasteiger partial charge in [-0.25, -0.2) is 4.98 Å². The highest BCUT2D eigenvalue weighted by Gasteiger charge is 2.25. The molecule has 0 unspecified atom stereocenters. The number of amides is 1. The number of carbonyl (C=O) groups excluding carboxylic acids is 1. The highest BCUT2D eigenvalue weighted by atomic mass is 32.1. The van der Waals surface area contributed by atoms with Gasteiger partial charge in [0.05, 0.1) is 15.1 Å². The second-order valence-corrected chi connectivity index (χ2v) is 7.03. The third-order valence-electron chi connectivity index (χ3n) is 4.45. The number of hydrogen-bond acceptors (Lipinski definition) is 7. The average molecular weight is 372 g/mol. The zero-order chi connectivity index (χ0) is 18.3. The third kappa shape index (κ3) is 2.88. The van der Waals surface area contributed by atoms with Crippen molar-refractivity contribution in [2.45, 2.75) is 0 Å². The molecule has 1 aromatic carbocycles. The summed E-state index contributed by atoms with van der Waals surface area (Å²) >= 11 is 1.44. The summed E-state index contributed by atoms with van der Waals surface area (Å²) in [6.07, 6.45) is 1.61. The molecule has 10 heteroatoms. The van der Waals surface area contributed by atoms with Gasteiger partial charge in [-0.1, -0.05) is 11.3 Å². The Balaban J connectivity index is 1.48. The second kappa shape index (κ2) is 6.37. The Kier molecular flexibility index (Phi) is 4.03. The molecule has 1 aliphatic heterocycles. The van der Waals surface area contributed by atoms with Crippen LogP contribution in [0.4, 0.5) is 10.8 Å². The molecule has 0 saturated carbocycles. The van der Waals surface area contributed by atoms with Gasteiger partial charge in [0.15, 0.2) is 5.13 Å². The highest BCUT2D eigenvalue weighted by molar-refractivity contribution is 7.22. The molecule has 0 N–H and O–H groups in total. The van der Waals surface area contributed by atoms with Crippen LogP contribution in [0.15, 0.2) is 30.5 Å². The van der Waals surface area contributed by atoms with Crippen molar-refractivity contribution in [3.05, 3.63) is 46.3 Å². The van der Waals surface area contributed by atoms with E-state index in [4.69, 9.17) is 0 Å². The minimum Gasteiger partial charge on any atom is -0.345 e. The summed E-state index contributed by atoms with van der Waals surface area (Å²) < 4.78 is 2.37. The monoisotopic (exact) mass is 372 g/mol. The Hall–Kier alpha value is -3.01. The molecule has 3 aromatic rings. The van der Waals surface area contributed by atoms with Crippen molar-refractivity contribution in [3.63, 3.8) is 0 Å². The van der Waals surface area contributed by atoms with Crippen molar-refractivity contribution in [2.75, 3.05) is 31.1 Å². The van der Waals surface area contributed by atoms with E-state index < -0.39 is 4.92 Å². The van der Waals surface area contributed by atoms with Crippen LogP contribution in [-0.4, -0.2) is 56.7 Å². The number of fused-ring (bicyclic) bond motifs is 1. The van der Waals surface area contributed by atoms with E-state index in [0.29, 0.717) is 31.9 Å². The lowest BCUT2D eigenvalue weighted by Crippen LogP contribution is -2.49. The first kappa shape index (κ1) is 16.5. The van der Waals surface area contributed by atoms with Gasteiger partial charge in [-0.05, 0) is 12.1 Å². The number of thiazole rings is 1. The summed E-state index contributed by atoms with van der Waals surface area (Å²) in [6, 6.07) is 6.42. The van der Waals surface area contributed by atoms with Crippen molar-refractivity contribution < 1.29 is 9.72 Å². The SMILES string of the molecule is Cn1nccc1C(=O)N1CCN(c2nc3ccc([N+](=O)[O-])cc3s2)CC1. The van der Waals surface area contributed by atoms with E-state index in [1.54, 1.807) is 36.1 Å². The number of aryl methyl sites for hydroxylation is 1. The van der Waals surface area contributed by atoms with Gasteiger partial charge in [-0.15, -0.1) is 0 Å². The van der Waals surface area contributed by atoms with Gasteiger partial charge in [0.25, 0.3) is 11.6 Å². The fraction of sp³-hybridized carbons (Fsp3) is 0.312. The Morgan fingerprint density at radius 1 is 1.23 bits per heavy atom. The molecule has 0 spiro atoms. The minimum atomic E-state index is -0.401. The number of carbonyl (C=O) groups is 1. The van der Waals surface area contributed by atoms with Crippen molar-refractivity contribution in [1.82, 2.24) is 19.7 Å². The summed E-state index contributed by atoms with van der Waals surface area (Å²) in [5, 5.41) is 15.8. The van der Waals surface area contributed by atoms with E-state index in [1.165, 1.54) is 17.4 Å². The topological polar surface area (TPSA) is 97.4 Å². The van der Waals surface area contributed by atoms with Crippen LogP contribution in [-0.2, 0) is 7.05 Å². The molecule has 4 rings (SSSR count). The molecule has 1 amide bonds. The van der Waals surface area contributed by atoms with Crippen molar-refractivity contribution in [3.8, 4) is 0 Å². The van der Waals surface area contributed by atoms with E-state index >= 15 is 0 Å². The molecule has 3 heterocycles. The summed E-state index contributed by atoms with van der Waals surface area (Å²) in [5.41, 5.74) is 1.40. The van der Waals surface area contributed by atoms with Gasteiger partial charge in [-0.2, -0.15) is 5.10 Å². The molecular weight excluding hydrogens is 356 g/mol. The number of aromatic nitrogens is 3. The van der Waals surface area contributed by atoms with E-state index in [2.05, 4.69) is 15.0 Å². The van der Waals surface area contributed by atoms with Gasteiger partial charge >= 0.3 is 0 Å². The number of hydrogen-bond donors (Lipinski definition) is 0. The third-order valence-corrected chi connectivity index (χ3v) is 5.53. The Morgan fingerprint density at radius 3 is 2.65 bits per heavy atom. The number of nitrogens with zero attached hydrogens (tertiary/aromatic N) is 6. The number of nitro groups is 1. The Labute approximate surface area is 152 Å². The molecule has 2 aromatic heterocycles. The van der Waals surface area contributed by atoms with Crippen LogP contribution in [0.5, 0.6) is 0 Å². The van der Waals surface area contributed by atoms with E-state index in [9.17, 15) is 14.9 Å². The number of anilines is 1. The van der Waals surface area contributed by atoms with Crippen LogP contribution in [0, 0.1) is 10.1 Å². The molecule has 1 saturated heterocycles. The predicted molar refractivity (Wildman–Crippen MR) is 97.6 cm³/mol. The fourth-order valence-electron chi connectivity index (χ4n) is 3.00. The lowest BCUT2D eigenvalue weighted by Gasteiger charge is -2.34. The maximum Gasteiger partial charge on any atom is 0.272 e. The average Bonchev–Trinajstić information content (AvgIpc) is 3.26. The molecule has 134 valence electrons. The number of benzene rings is 1. The van der Waals surface area contributed by atoms with Crippen molar-refractivity contribution >= 4 is 38.3 Å². The van der Waals surface area contributed by atoms with E-state index in [-0.39, 0.29) is 11.6 Å². The van der Waals surface area contributed by atoms with Crippen LogP contribution in [0.1, 0.15) is 10.5 Å². The number of piperazine rings is 1.